The minimum Gasteiger partial charge on any atom is -0.481 e. The van der Waals surface area contributed by atoms with Crippen LogP contribution in [0.4, 0.5) is 4.79 Å². The number of aliphatic hydroxyl groups is 2. The van der Waals surface area contributed by atoms with Crippen molar-refractivity contribution in [2.75, 3.05) is 0 Å². The molecule has 13 nitrogen and oxygen atoms in total. The number of ether oxygens (including phenoxy) is 6. The first kappa shape index (κ1) is 49.5. The van der Waals surface area contributed by atoms with Gasteiger partial charge in [-0.05, 0) is 95.1 Å². The smallest absolute Gasteiger partial charge is 0.408 e. The highest BCUT2D eigenvalue weighted by atomic mass is 16.8. The number of carboxylic acid groups (broad SMARTS) is 1. The third-order valence-electron chi connectivity index (χ3n) is 16.0. The number of hydrogen-bond donors (Lipinski definition) is 4. The molecule has 4 fully saturated rings. The van der Waals surface area contributed by atoms with E-state index in [1.807, 2.05) is 84.0 Å². The summed E-state index contributed by atoms with van der Waals surface area (Å²) in [5.74, 6) is -6.19. The van der Waals surface area contributed by atoms with Crippen molar-refractivity contribution in [3.8, 4) is 0 Å². The summed E-state index contributed by atoms with van der Waals surface area (Å²) in [7, 11) is 0. The molecule has 5 heterocycles. The minimum absolute atomic E-state index is 0.0355. The van der Waals surface area contributed by atoms with Crippen LogP contribution in [0.5, 0.6) is 0 Å². The number of amides is 1. The Bertz CT molecular complexity index is 1760. The summed E-state index contributed by atoms with van der Waals surface area (Å²) in [6, 6.07) is 8.70. The van der Waals surface area contributed by atoms with Gasteiger partial charge in [-0.2, -0.15) is 0 Å². The van der Waals surface area contributed by atoms with Gasteiger partial charge in [0.2, 0.25) is 0 Å². The first-order valence-corrected chi connectivity index (χ1v) is 24.0. The molecule has 0 saturated carbocycles. The number of Topliss-reactive ketones (excluding diaryl/α,β-unsaturated/α-hetero) is 1. The molecule has 6 rings (SSSR count). The van der Waals surface area contributed by atoms with E-state index in [1.54, 1.807) is 6.92 Å². The van der Waals surface area contributed by atoms with Gasteiger partial charge >= 0.3 is 12.1 Å². The molecule has 18 atom stereocenters. The molecule has 0 bridgehead atoms. The van der Waals surface area contributed by atoms with E-state index in [2.05, 4.69) is 26.1 Å². The molecule has 0 aliphatic carbocycles. The number of carboxylic acids is 1. The van der Waals surface area contributed by atoms with Crippen molar-refractivity contribution in [3.05, 3.63) is 48.0 Å². The molecule has 4 N–H and O–H groups in total. The van der Waals surface area contributed by atoms with Crippen molar-refractivity contribution in [1.29, 1.82) is 0 Å². The monoisotopic (exact) mass is 884 g/mol. The fraction of sp³-hybridized carbons (Fsp3) is 0.780. The van der Waals surface area contributed by atoms with Gasteiger partial charge in [0.1, 0.15) is 18.4 Å². The van der Waals surface area contributed by atoms with Crippen molar-refractivity contribution < 1.29 is 58.1 Å². The lowest BCUT2D eigenvalue weighted by Gasteiger charge is -2.55. The van der Waals surface area contributed by atoms with Crippen molar-refractivity contribution in [2.45, 2.75) is 205 Å². The predicted octanol–water partition coefficient (Wildman–Crippen LogP) is 8.12. The normalized spacial score (nSPS) is 40.5. The Kier molecular flexibility index (Phi) is 15.6. The van der Waals surface area contributed by atoms with Crippen LogP contribution in [-0.2, 0) is 44.6 Å². The van der Waals surface area contributed by atoms with Crippen molar-refractivity contribution in [1.82, 2.24) is 5.32 Å². The fourth-order valence-electron chi connectivity index (χ4n) is 11.6. The van der Waals surface area contributed by atoms with Crippen molar-refractivity contribution in [2.24, 2.45) is 41.4 Å². The van der Waals surface area contributed by atoms with Crippen LogP contribution in [0.1, 0.15) is 139 Å². The van der Waals surface area contributed by atoms with E-state index in [4.69, 9.17) is 28.4 Å². The van der Waals surface area contributed by atoms with E-state index in [-0.39, 0.29) is 36.2 Å². The standard InChI is InChI=1S/C50H77NO12/c1-11-36(45(54)55)38-20-19-29(4)43(60-38)33(8)41(52)32(7)42(53)37(12-2)44-30(5)27-31(6)49(61-44)24-21-39(51-46(56)58-28-35-17-15-14-16-18-35)50(63-49)26-25-47(10,62-50)40-22-23-48(57,13-3)34(9)59-40/h14-18,21,24,29-34,36-41,43-44,52,57H,11-13,19-20,22-23,25-28H2,1-10H3,(H,51,56)(H,54,55)/t29-,30-,31+,32-,33-,34-,36+,37?,38+,39?,40+,41+,43+,44-,47-,48+,49-,50-/m0/s1. The lowest BCUT2D eigenvalue weighted by molar-refractivity contribution is -0.398. The van der Waals surface area contributed by atoms with Crippen LogP contribution in [0.25, 0.3) is 0 Å². The summed E-state index contributed by atoms with van der Waals surface area (Å²) >= 11 is 0. The second-order valence-electron chi connectivity index (χ2n) is 20.2. The van der Waals surface area contributed by atoms with Crippen LogP contribution in [0.3, 0.4) is 0 Å². The number of alkyl carbamates (subject to hydrolysis) is 1. The molecule has 1 aromatic rings. The zero-order valence-electron chi connectivity index (χ0n) is 39.4. The van der Waals surface area contributed by atoms with Crippen LogP contribution in [0.2, 0.25) is 0 Å². The number of carbonyl (C=O) groups is 3. The van der Waals surface area contributed by atoms with Crippen LogP contribution < -0.4 is 5.32 Å². The number of nitrogens with one attached hydrogen (secondary N) is 1. The second kappa shape index (κ2) is 19.9. The minimum atomic E-state index is -1.39. The number of hydrogen-bond acceptors (Lipinski definition) is 11. The quantitative estimate of drug-likeness (QED) is 0.125. The average molecular weight is 884 g/mol. The molecule has 1 amide bonds. The molecule has 2 spiro atoms. The highest BCUT2D eigenvalue weighted by Crippen LogP contribution is 2.54. The van der Waals surface area contributed by atoms with E-state index in [9.17, 15) is 29.7 Å². The maximum absolute atomic E-state index is 14.7. The summed E-state index contributed by atoms with van der Waals surface area (Å²) in [5, 5.41) is 36.0. The van der Waals surface area contributed by atoms with Crippen LogP contribution in [-0.4, -0.2) is 98.6 Å². The molecule has 63 heavy (non-hydrogen) atoms. The SMILES string of the molecule is CCC(C(=O)[C@@H](C)[C@@H](O)[C@H](C)[C@@H]1O[C@@H]([C@@H](CC)C(=O)O)CC[C@@H]1C)[C@H]1O[C@]2(C=CC(NC(=O)OCc3ccccc3)[C@]3(CC[C@@](C)([C@H]4CC[C@](O)(CC)[C@H](C)O4)O3)O2)[C@H](C)C[C@@H]1C. The molecule has 354 valence electrons. The molecule has 1 aromatic carbocycles. The Morgan fingerprint density at radius 2 is 1.59 bits per heavy atom. The van der Waals surface area contributed by atoms with Gasteiger partial charge in [0.25, 0.3) is 0 Å². The number of aliphatic hydroxyl groups excluding tert-OH is 1. The molecule has 4 saturated heterocycles. The lowest BCUT2D eigenvalue weighted by atomic mass is 9.72. The van der Waals surface area contributed by atoms with Gasteiger partial charge < -0.3 is 49.1 Å². The zero-order valence-corrected chi connectivity index (χ0v) is 39.4. The highest BCUT2D eigenvalue weighted by Gasteiger charge is 2.63. The fourth-order valence-corrected chi connectivity index (χ4v) is 11.6. The number of benzene rings is 1. The zero-order chi connectivity index (χ0) is 46.1. The number of aliphatic carboxylic acids is 1. The number of ketones is 1. The van der Waals surface area contributed by atoms with Gasteiger partial charge in [-0.15, -0.1) is 0 Å². The second-order valence-corrected chi connectivity index (χ2v) is 20.2. The van der Waals surface area contributed by atoms with E-state index in [0.29, 0.717) is 57.8 Å². The maximum Gasteiger partial charge on any atom is 0.408 e. The Balaban J connectivity index is 1.23. The molecule has 0 aromatic heterocycles. The third-order valence-corrected chi connectivity index (χ3v) is 16.0. The van der Waals surface area contributed by atoms with Crippen LogP contribution in [0.15, 0.2) is 42.5 Å². The largest absolute Gasteiger partial charge is 0.481 e. The molecular formula is C50H77NO12. The highest BCUT2D eigenvalue weighted by molar-refractivity contribution is 5.84. The third kappa shape index (κ3) is 10.1. The van der Waals surface area contributed by atoms with Crippen LogP contribution in [0, 0.1) is 41.4 Å². The molecular weight excluding hydrogens is 807 g/mol. The molecule has 5 aliphatic heterocycles. The first-order chi connectivity index (χ1) is 29.8. The predicted molar refractivity (Wildman–Crippen MR) is 236 cm³/mol. The molecule has 13 heteroatoms. The summed E-state index contributed by atoms with van der Waals surface area (Å²) in [4.78, 5) is 40.2. The Morgan fingerprint density at radius 3 is 2.22 bits per heavy atom. The topological polar surface area (TPSA) is 179 Å². The van der Waals surface area contributed by atoms with Gasteiger partial charge in [0.05, 0.1) is 53.7 Å². The Labute approximate surface area is 375 Å². The first-order valence-electron chi connectivity index (χ1n) is 24.0. The molecule has 0 radical (unpaired) electrons. The van der Waals surface area contributed by atoms with Gasteiger partial charge in [-0.3, -0.25) is 9.59 Å². The summed E-state index contributed by atoms with van der Waals surface area (Å²) in [6.07, 6.45) is 5.61. The maximum atomic E-state index is 14.7. The van der Waals surface area contributed by atoms with Crippen LogP contribution >= 0.6 is 0 Å². The Hall–Kier alpha value is -2.91. The van der Waals surface area contributed by atoms with Crippen molar-refractivity contribution in [3.63, 3.8) is 0 Å². The number of rotatable bonds is 15. The average Bonchev–Trinajstić information content (AvgIpc) is 3.60. The summed E-state index contributed by atoms with van der Waals surface area (Å²) in [5.41, 5.74) is -0.905. The van der Waals surface area contributed by atoms with E-state index >= 15 is 0 Å². The Morgan fingerprint density at radius 1 is 0.889 bits per heavy atom. The van der Waals surface area contributed by atoms with Crippen molar-refractivity contribution >= 4 is 17.8 Å². The molecule has 2 unspecified atom stereocenters. The van der Waals surface area contributed by atoms with E-state index in [0.717, 1.165) is 12.0 Å². The van der Waals surface area contributed by atoms with Gasteiger partial charge in [-0.25, -0.2) is 4.79 Å². The van der Waals surface area contributed by atoms with Gasteiger partial charge in [0.15, 0.2) is 11.6 Å². The summed E-state index contributed by atoms with van der Waals surface area (Å²) < 4.78 is 40.2. The number of carbonyl (C=O) groups excluding carboxylic acids is 2. The van der Waals surface area contributed by atoms with Gasteiger partial charge in [0, 0.05) is 30.1 Å². The van der Waals surface area contributed by atoms with E-state index in [1.165, 1.54) is 0 Å². The molecule has 5 aliphatic rings. The van der Waals surface area contributed by atoms with E-state index < -0.39 is 95.1 Å². The lowest BCUT2D eigenvalue weighted by Crippen LogP contribution is -2.65. The van der Waals surface area contributed by atoms with Gasteiger partial charge in [-0.1, -0.05) is 91.8 Å². The summed E-state index contributed by atoms with van der Waals surface area (Å²) in [6.45, 7) is 19.7.